The number of H-pyrrole nitrogens is 1. The van der Waals surface area contributed by atoms with E-state index in [1.807, 2.05) is 31.2 Å². The summed E-state index contributed by atoms with van der Waals surface area (Å²) >= 11 is 0. The molecule has 1 aliphatic rings. The maximum Gasteiger partial charge on any atom is 0.258 e. The van der Waals surface area contributed by atoms with Crippen LogP contribution in [-0.4, -0.2) is 28.0 Å². The predicted molar refractivity (Wildman–Crippen MR) is 112 cm³/mol. The van der Waals surface area contributed by atoms with Gasteiger partial charge in [-0.3, -0.25) is 19.9 Å². The van der Waals surface area contributed by atoms with Crippen LogP contribution in [0.3, 0.4) is 0 Å². The summed E-state index contributed by atoms with van der Waals surface area (Å²) in [5.74, 6) is -0.0158. The van der Waals surface area contributed by atoms with Gasteiger partial charge in [-0.05, 0) is 30.2 Å². The molecule has 0 spiro atoms. The van der Waals surface area contributed by atoms with Crippen molar-refractivity contribution >= 4 is 11.8 Å². The Morgan fingerprint density at radius 3 is 2.33 bits per heavy atom. The first-order valence-electron chi connectivity index (χ1n) is 9.39. The number of hydrogen-bond acceptors (Lipinski definition) is 7. The summed E-state index contributed by atoms with van der Waals surface area (Å²) in [4.78, 5) is 31.4. The maximum atomic E-state index is 12.8. The Labute approximate surface area is 172 Å². The van der Waals surface area contributed by atoms with Gasteiger partial charge in [0.1, 0.15) is 17.6 Å². The highest BCUT2D eigenvalue weighted by molar-refractivity contribution is 5.57. The number of aromatic amines is 1. The van der Waals surface area contributed by atoms with E-state index in [1.165, 1.54) is 0 Å². The fourth-order valence-electron chi connectivity index (χ4n) is 3.97. The van der Waals surface area contributed by atoms with E-state index in [0.29, 0.717) is 11.3 Å². The van der Waals surface area contributed by atoms with E-state index >= 15 is 0 Å². The Hall–Kier alpha value is -3.88. The number of nitrogens with two attached hydrogens (primary N) is 1. The van der Waals surface area contributed by atoms with Crippen LogP contribution in [0.25, 0.3) is 0 Å². The number of aromatic nitrogens is 2. The lowest BCUT2D eigenvalue weighted by Gasteiger charge is -2.34. The van der Waals surface area contributed by atoms with Crippen molar-refractivity contribution in [2.24, 2.45) is 0 Å². The summed E-state index contributed by atoms with van der Waals surface area (Å²) in [5, 5.41) is 15.4. The van der Waals surface area contributed by atoms with Crippen LogP contribution in [0.15, 0.2) is 53.3 Å². The monoisotopic (exact) mass is 407 g/mol. The van der Waals surface area contributed by atoms with E-state index < -0.39 is 23.6 Å². The number of rotatable bonds is 4. The molecule has 1 aliphatic heterocycles. The van der Waals surface area contributed by atoms with Gasteiger partial charge in [-0.25, -0.2) is 0 Å². The smallest absolute Gasteiger partial charge is 0.258 e. The third-order valence-electron chi connectivity index (χ3n) is 5.41. The van der Waals surface area contributed by atoms with Crippen molar-refractivity contribution < 1.29 is 9.66 Å². The van der Waals surface area contributed by atoms with Crippen LogP contribution in [0.1, 0.15) is 34.2 Å². The largest absolute Gasteiger partial charge is 0.497 e. The first-order valence-corrected chi connectivity index (χ1v) is 9.39. The second kappa shape index (κ2) is 7.51. The molecule has 3 atom stereocenters. The number of ether oxygens (including phenoxy) is 1. The number of hydrogen-bond donors (Lipinski definition) is 3. The normalized spacial score (nSPS) is 20.1. The number of anilines is 2. The molecule has 154 valence electrons. The zero-order chi connectivity index (χ0) is 21.4. The number of nitro groups is 1. The van der Waals surface area contributed by atoms with E-state index in [4.69, 9.17) is 10.5 Å². The lowest BCUT2D eigenvalue weighted by Crippen LogP contribution is -2.45. The number of fused-ring (bicyclic) bond motifs is 1. The van der Waals surface area contributed by atoms with Crippen LogP contribution < -0.4 is 21.3 Å². The molecular formula is C21H21N5O4. The average molecular weight is 407 g/mol. The maximum absolute atomic E-state index is 12.8. The SMILES string of the molecule is COc1ccc([C@H]2c3c(nc(N)[nH]c3=O)N[C@H](c3ccc(C)cc3)[C@@H]2[N+](=O)[O-])cc1. The number of nitrogens with one attached hydrogen (secondary N) is 2. The fourth-order valence-corrected chi connectivity index (χ4v) is 3.97. The highest BCUT2D eigenvalue weighted by Gasteiger charge is 2.48. The predicted octanol–water partition coefficient (Wildman–Crippen LogP) is 2.61. The number of methoxy groups -OCH3 is 1. The molecule has 9 nitrogen and oxygen atoms in total. The highest BCUT2D eigenvalue weighted by atomic mass is 16.6. The Morgan fingerprint density at radius 1 is 1.10 bits per heavy atom. The minimum absolute atomic E-state index is 0.0538. The fraction of sp³-hybridized carbons (Fsp3) is 0.238. The topological polar surface area (TPSA) is 136 Å². The molecule has 0 fully saturated rings. The van der Waals surface area contributed by atoms with Gasteiger partial charge in [-0.2, -0.15) is 4.98 Å². The first-order chi connectivity index (χ1) is 14.4. The van der Waals surface area contributed by atoms with E-state index in [0.717, 1.165) is 11.1 Å². The molecule has 2 aromatic carbocycles. The van der Waals surface area contributed by atoms with Crippen LogP contribution in [0, 0.1) is 17.0 Å². The minimum atomic E-state index is -1.14. The van der Waals surface area contributed by atoms with Crippen molar-refractivity contribution in [1.29, 1.82) is 0 Å². The van der Waals surface area contributed by atoms with Crippen molar-refractivity contribution in [3.8, 4) is 5.75 Å². The lowest BCUT2D eigenvalue weighted by atomic mass is 9.78. The van der Waals surface area contributed by atoms with E-state index in [2.05, 4.69) is 15.3 Å². The molecular weight excluding hydrogens is 386 g/mol. The second-order valence-electron chi connectivity index (χ2n) is 7.27. The van der Waals surface area contributed by atoms with Crippen molar-refractivity contribution in [1.82, 2.24) is 9.97 Å². The van der Waals surface area contributed by atoms with Gasteiger partial charge >= 0.3 is 0 Å². The Balaban J connectivity index is 1.94. The molecule has 4 rings (SSSR count). The quantitative estimate of drug-likeness (QED) is 0.447. The van der Waals surface area contributed by atoms with Crippen LogP contribution in [0.2, 0.25) is 0 Å². The zero-order valence-corrected chi connectivity index (χ0v) is 16.5. The molecule has 0 aliphatic carbocycles. The molecule has 0 unspecified atom stereocenters. The van der Waals surface area contributed by atoms with Crippen LogP contribution in [0.4, 0.5) is 11.8 Å². The van der Waals surface area contributed by atoms with Gasteiger partial charge in [0.15, 0.2) is 0 Å². The van der Waals surface area contributed by atoms with Gasteiger partial charge in [0.25, 0.3) is 5.56 Å². The molecule has 0 radical (unpaired) electrons. The van der Waals surface area contributed by atoms with Crippen molar-refractivity contribution in [2.75, 3.05) is 18.2 Å². The molecule has 0 saturated carbocycles. The van der Waals surface area contributed by atoms with Crippen molar-refractivity contribution in [2.45, 2.75) is 24.9 Å². The van der Waals surface area contributed by atoms with E-state index in [9.17, 15) is 14.9 Å². The summed E-state index contributed by atoms with van der Waals surface area (Å²) in [6.45, 7) is 1.94. The van der Waals surface area contributed by atoms with Crippen molar-refractivity contribution in [3.63, 3.8) is 0 Å². The highest BCUT2D eigenvalue weighted by Crippen LogP contribution is 2.43. The zero-order valence-electron chi connectivity index (χ0n) is 16.5. The summed E-state index contributed by atoms with van der Waals surface area (Å²) in [6.07, 6.45) is 0. The molecule has 2 heterocycles. The number of nitrogens with zero attached hydrogens (tertiary/aromatic N) is 2. The van der Waals surface area contributed by atoms with Gasteiger partial charge in [0.2, 0.25) is 12.0 Å². The standard InChI is InChI=1S/C21H21N5O4/c1-11-3-5-13(6-4-11)17-18(26(28)29)15(12-7-9-14(30-2)10-8-12)16-19(23-17)24-21(22)25-20(16)27/h3-10,15,17-18H,1-2H3,(H4,22,23,24,25,27)/t15-,17+,18+/m0/s1. The lowest BCUT2D eigenvalue weighted by molar-refractivity contribution is -0.529. The summed E-state index contributed by atoms with van der Waals surface area (Å²) in [6, 6.07) is 12.5. The third kappa shape index (κ3) is 3.34. The average Bonchev–Trinajstić information content (AvgIpc) is 2.72. The molecule has 0 saturated heterocycles. The molecule has 9 heteroatoms. The minimum Gasteiger partial charge on any atom is -0.497 e. The van der Waals surface area contributed by atoms with Gasteiger partial charge in [0, 0.05) is 4.92 Å². The van der Waals surface area contributed by atoms with Crippen molar-refractivity contribution in [3.05, 3.63) is 91.3 Å². The molecule has 0 amide bonds. The second-order valence-corrected chi connectivity index (χ2v) is 7.27. The van der Waals surface area contributed by atoms with Gasteiger partial charge in [-0.15, -0.1) is 0 Å². The summed E-state index contributed by atoms with van der Waals surface area (Å²) < 4.78 is 5.20. The third-order valence-corrected chi connectivity index (χ3v) is 5.41. The molecule has 3 aromatic rings. The number of aryl methyl sites for hydroxylation is 1. The Bertz CT molecular complexity index is 1140. The van der Waals surface area contributed by atoms with Crippen LogP contribution >= 0.6 is 0 Å². The molecule has 4 N–H and O–H groups in total. The van der Waals surface area contributed by atoms with Gasteiger partial charge < -0.3 is 15.8 Å². The summed E-state index contributed by atoms with van der Waals surface area (Å²) in [7, 11) is 1.54. The van der Waals surface area contributed by atoms with E-state index in [-0.39, 0.29) is 22.3 Å². The first kappa shape index (κ1) is 19.4. The van der Waals surface area contributed by atoms with Crippen LogP contribution in [-0.2, 0) is 0 Å². The van der Waals surface area contributed by atoms with Gasteiger partial charge in [0.05, 0.1) is 18.6 Å². The van der Waals surface area contributed by atoms with E-state index in [1.54, 1.807) is 31.4 Å². The molecule has 0 bridgehead atoms. The van der Waals surface area contributed by atoms with Gasteiger partial charge in [-0.1, -0.05) is 42.0 Å². The molecule has 1 aromatic heterocycles. The number of benzene rings is 2. The Morgan fingerprint density at radius 2 is 1.73 bits per heavy atom. The molecule has 30 heavy (non-hydrogen) atoms. The van der Waals surface area contributed by atoms with Crippen LogP contribution in [0.5, 0.6) is 5.75 Å². The number of nitrogen functional groups attached to an aromatic ring is 1. The Kier molecular flexibility index (Phi) is 4.86. The summed E-state index contributed by atoms with van der Waals surface area (Å²) in [5.41, 5.74) is 7.83.